The van der Waals surface area contributed by atoms with Gasteiger partial charge in [-0.1, -0.05) is 12.1 Å². The number of carbonyl (C=O) groups excluding carboxylic acids is 1. The third-order valence-electron chi connectivity index (χ3n) is 3.14. The summed E-state index contributed by atoms with van der Waals surface area (Å²) in [5, 5.41) is 2.60. The van der Waals surface area contributed by atoms with Crippen LogP contribution in [0.5, 0.6) is 0 Å². The van der Waals surface area contributed by atoms with Crippen molar-refractivity contribution in [1.82, 2.24) is 9.97 Å². The Morgan fingerprint density at radius 1 is 1.30 bits per heavy atom. The van der Waals surface area contributed by atoms with Crippen LogP contribution >= 0.6 is 0 Å². The lowest BCUT2D eigenvalue weighted by Crippen LogP contribution is -2.14. The summed E-state index contributed by atoms with van der Waals surface area (Å²) in [6.07, 6.45) is 1.56. The summed E-state index contributed by atoms with van der Waals surface area (Å²) in [5.74, 6) is -0.796. The Morgan fingerprint density at radius 3 is 2.95 bits per heavy atom. The molecule has 3 aromatic rings. The fraction of sp³-hybridized carbons (Fsp3) is 0.0667. The molecule has 0 spiro atoms. The van der Waals surface area contributed by atoms with Gasteiger partial charge in [0.1, 0.15) is 5.82 Å². The fourth-order valence-corrected chi connectivity index (χ4v) is 2.05. The molecule has 1 aromatic heterocycles. The molecule has 0 atom stereocenters. The van der Waals surface area contributed by atoms with E-state index >= 15 is 0 Å². The minimum absolute atomic E-state index is 0.210. The van der Waals surface area contributed by atoms with E-state index in [1.165, 1.54) is 6.07 Å². The minimum Gasteiger partial charge on any atom is -0.345 e. The number of imidazole rings is 1. The van der Waals surface area contributed by atoms with Crippen molar-refractivity contribution in [3.05, 3.63) is 59.7 Å². The van der Waals surface area contributed by atoms with Crippen molar-refractivity contribution < 1.29 is 9.18 Å². The molecule has 4 nitrogen and oxygen atoms in total. The molecule has 0 saturated carbocycles. The Kier molecular flexibility index (Phi) is 2.95. The summed E-state index contributed by atoms with van der Waals surface area (Å²) < 4.78 is 13.7. The Labute approximate surface area is 114 Å². The summed E-state index contributed by atoms with van der Waals surface area (Å²) >= 11 is 0. The van der Waals surface area contributed by atoms with Crippen LogP contribution < -0.4 is 5.32 Å². The highest BCUT2D eigenvalue weighted by Gasteiger charge is 2.12. The number of halogens is 1. The van der Waals surface area contributed by atoms with Gasteiger partial charge in [0.15, 0.2) is 0 Å². The largest absolute Gasteiger partial charge is 0.345 e. The highest BCUT2D eigenvalue weighted by Crippen LogP contribution is 2.20. The van der Waals surface area contributed by atoms with Crippen molar-refractivity contribution in [1.29, 1.82) is 0 Å². The molecule has 1 heterocycles. The van der Waals surface area contributed by atoms with Crippen molar-refractivity contribution in [2.45, 2.75) is 6.92 Å². The van der Waals surface area contributed by atoms with Gasteiger partial charge in [-0.05, 0) is 36.8 Å². The normalized spacial score (nSPS) is 10.7. The van der Waals surface area contributed by atoms with E-state index in [2.05, 4.69) is 15.3 Å². The van der Waals surface area contributed by atoms with Crippen LogP contribution in [0, 0.1) is 12.7 Å². The quantitative estimate of drug-likeness (QED) is 0.750. The van der Waals surface area contributed by atoms with Gasteiger partial charge in [0.25, 0.3) is 5.91 Å². The number of aromatic amines is 1. The molecule has 0 radical (unpaired) electrons. The maximum Gasteiger partial charge on any atom is 0.255 e. The highest BCUT2D eigenvalue weighted by molar-refractivity contribution is 6.06. The number of amides is 1. The molecular weight excluding hydrogens is 257 g/mol. The zero-order valence-electron chi connectivity index (χ0n) is 10.8. The SMILES string of the molecule is Cc1cccc(F)c1NC(=O)c1ccc2nc[nH]c2c1. The molecule has 0 aliphatic heterocycles. The van der Waals surface area contributed by atoms with Crippen LogP contribution in [0.15, 0.2) is 42.7 Å². The maximum atomic E-state index is 13.7. The second-order valence-corrected chi connectivity index (χ2v) is 4.52. The molecule has 100 valence electrons. The van der Waals surface area contributed by atoms with E-state index in [-0.39, 0.29) is 11.6 Å². The summed E-state index contributed by atoms with van der Waals surface area (Å²) in [5.41, 5.74) is 2.89. The standard InChI is InChI=1S/C15H12FN3O/c1-9-3-2-4-11(16)14(9)19-15(20)10-5-6-12-13(7-10)18-8-17-12/h2-8H,1H3,(H,17,18)(H,19,20). The number of aromatic nitrogens is 2. The first kappa shape index (κ1) is 12.3. The molecule has 0 saturated heterocycles. The molecule has 0 aliphatic rings. The van der Waals surface area contributed by atoms with E-state index in [0.717, 1.165) is 11.0 Å². The van der Waals surface area contributed by atoms with Gasteiger partial charge in [0.05, 0.1) is 23.0 Å². The molecule has 1 amide bonds. The Balaban J connectivity index is 1.92. The second-order valence-electron chi connectivity index (χ2n) is 4.52. The number of hydrogen-bond donors (Lipinski definition) is 2. The maximum absolute atomic E-state index is 13.7. The third kappa shape index (κ3) is 2.14. The third-order valence-corrected chi connectivity index (χ3v) is 3.14. The Morgan fingerprint density at radius 2 is 2.15 bits per heavy atom. The number of benzene rings is 2. The highest BCUT2D eigenvalue weighted by atomic mass is 19.1. The summed E-state index contributed by atoms with van der Waals surface area (Å²) in [7, 11) is 0. The van der Waals surface area contributed by atoms with Crippen LogP contribution in [0.2, 0.25) is 0 Å². The number of nitrogens with one attached hydrogen (secondary N) is 2. The smallest absolute Gasteiger partial charge is 0.255 e. The minimum atomic E-state index is -0.444. The summed E-state index contributed by atoms with van der Waals surface area (Å²) in [6.45, 7) is 1.75. The van der Waals surface area contributed by atoms with E-state index in [0.29, 0.717) is 11.1 Å². The first-order chi connectivity index (χ1) is 9.65. The molecule has 2 N–H and O–H groups in total. The molecule has 3 rings (SSSR count). The number of hydrogen-bond acceptors (Lipinski definition) is 2. The van der Waals surface area contributed by atoms with Crippen molar-refractivity contribution in [2.75, 3.05) is 5.32 Å². The lowest BCUT2D eigenvalue weighted by molar-refractivity contribution is 0.102. The van der Waals surface area contributed by atoms with Gasteiger partial charge in [-0.2, -0.15) is 0 Å². The number of fused-ring (bicyclic) bond motifs is 1. The summed E-state index contributed by atoms with van der Waals surface area (Å²) in [4.78, 5) is 19.2. The molecule has 2 aromatic carbocycles. The monoisotopic (exact) mass is 269 g/mol. The molecule has 0 aliphatic carbocycles. The second kappa shape index (κ2) is 4.77. The molecule has 0 fully saturated rings. The van der Waals surface area contributed by atoms with Crippen molar-refractivity contribution >= 4 is 22.6 Å². The zero-order valence-corrected chi connectivity index (χ0v) is 10.8. The molecule has 20 heavy (non-hydrogen) atoms. The van der Waals surface area contributed by atoms with E-state index < -0.39 is 5.82 Å². The Bertz CT molecular complexity index is 774. The van der Waals surface area contributed by atoms with Crippen LogP contribution in [0.4, 0.5) is 10.1 Å². The van der Waals surface area contributed by atoms with Gasteiger partial charge in [-0.3, -0.25) is 4.79 Å². The van der Waals surface area contributed by atoms with E-state index in [9.17, 15) is 9.18 Å². The van der Waals surface area contributed by atoms with E-state index in [1.807, 2.05) is 0 Å². The number of anilines is 1. The topological polar surface area (TPSA) is 57.8 Å². The zero-order chi connectivity index (χ0) is 14.1. The lowest BCUT2D eigenvalue weighted by Gasteiger charge is -2.09. The predicted octanol–water partition coefficient (Wildman–Crippen LogP) is 3.26. The molecule has 0 bridgehead atoms. The average Bonchev–Trinajstić information content (AvgIpc) is 2.90. The van der Waals surface area contributed by atoms with Crippen LogP contribution in [-0.4, -0.2) is 15.9 Å². The van der Waals surface area contributed by atoms with Crippen LogP contribution in [0.1, 0.15) is 15.9 Å². The van der Waals surface area contributed by atoms with Gasteiger partial charge >= 0.3 is 0 Å². The molecule has 5 heteroatoms. The van der Waals surface area contributed by atoms with Crippen molar-refractivity contribution in [3.63, 3.8) is 0 Å². The Hall–Kier alpha value is -2.69. The van der Waals surface area contributed by atoms with Gasteiger partial charge in [-0.15, -0.1) is 0 Å². The average molecular weight is 269 g/mol. The van der Waals surface area contributed by atoms with Gasteiger partial charge in [0.2, 0.25) is 0 Å². The number of aryl methyl sites for hydroxylation is 1. The predicted molar refractivity (Wildman–Crippen MR) is 75.2 cm³/mol. The number of para-hydroxylation sites is 1. The van der Waals surface area contributed by atoms with Gasteiger partial charge < -0.3 is 10.3 Å². The van der Waals surface area contributed by atoms with Crippen molar-refractivity contribution in [3.8, 4) is 0 Å². The number of H-pyrrole nitrogens is 1. The number of rotatable bonds is 2. The van der Waals surface area contributed by atoms with E-state index in [4.69, 9.17) is 0 Å². The van der Waals surface area contributed by atoms with Crippen LogP contribution in [0.3, 0.4) is 0 Å². The summed E-state index contributed by atoms with van der Waals surface area (Å²) in [6, 6.07) is 9.77. The number of nitrogens with zero attached hydrogens (tertiary/aromatic N) is 1. The van der Waals surface area contributed by atoms with Crippen LogP contribution in [-0.2, 0) is 0 Å². The fourth-order valence-electron chi connectivity index (χ4n) is 2.05. The molecular formula is C15H12FN3O. The van der Waals surface area contributed by atoms with Crippen LogP contribution in [0.25, 0.3) is 11.0 Å². The first-order valence-electron chi connectivity index (χ1n) is 6.15. The van der Waals surface area contributed by atoms with Crippen molar-refractivity contribution in [2.24, 2.45) is 0 Å². The van der Waals surface area contributed by atoms with Gasteiger partial charge in [0, 0.05) is 5.56 Å². The van der Waals surface area contributed by atoms with E-state index in [1.54, 1.807) is 43.6 Å². The lowest BCUT2D eigenvalue weighted by atomic mass is 10.1. The molecule has 0 unspecified atom stereocenters. The number of carbonyl (C=O) groups is 1. The first-order valence-corrected chi connectivity index (χ1v) is 6.15. The van der Waals surface area contributed by atoms with Gasteiger partial charge in [-0.25, -0.2) is 9.37 Å².